The van der Waals surface area contributed by atoms with E-state index in [0.29, 0.717) is 25.2 Å². The molecule has 28 heavy (non-hydrogen) atoms. The molecule has 0 bridgehead atoms. The zero-order valence-corrected chi connectivity index (χ0v) is 19.6. The number of aryl methyl sites for hydroxylation is 2. The van der Waals surface area contributed by atoms with Gasteiger partial charge in [-0.05, 0) is 45.4 Å². The molecule has 0 aliphatic rings. The SMILES string of the molecule is CCNC(=O)c1cccc(CN=C(NCC)NCc2c(C)nn(C)c2C)c1.I. The van der Waals surface area contributed by atoms with Gasteiger partial charge in [0.1, 0.15) is 0 Å². The van der Waals surface area contributed by atoms with Gasteiger partial charge in [0.05, 0.1) is 12.2 Å². The quantitative estimate of drug-likeness (QED) is 0.312. The predicted octanol–water partition coefficient (Wildman–Crippen LogP) is 2.66. The molecule has 8 heteroatoms. The van der Waals surface area contributed by atoms with Gasteiger partial charge in [-0.2, -0.15) is 5.10 Å². The van der Waals surface area contributed by atoms with Gasteiger partial charge in [-0.1, -0.05) is 12.1 Å². The summed E-state index contributed by atoms with van der Waals surface area (Å²) in [4.78, 5) is 16.6. The largest absolute Gasteiger partial charge is 0.357 e. The van der Waals surface area contributed by atoms with Crippen molar-refractivity contribution in [3.8, 4) is 0 Å². The molecule has 0 aliphatic heterocycles. The fraction of sp³-hybridized carbons (Fsp3) is 0.450. The second kappa shape index (κ2) is 11.7. The van der Waals surface area contributed by atoms with Crippen LogP contribution in [0.1, 0.15) is 46.7 Å². The molecule has 2 aromatic rings. The number of benzene rings is 1. The van der Waals surface area contributed by atoms with Crippen LogP contribution in [0.3, 0.4) is 0 Å². The fourth-order valence-electron chi connectivity index (χ4n) is 2.83. The number of nitrogens with one attached hydrogen (secondary N) is 3. The van der Waals surface area contributed by atoms with Crippen molar-refractivity contribution in [1.29, 1.82) is 0 Å². The zero-order valence-electron chi connectivity index (χ0n) is 17.3. The summed E-state index contributed by atoms with van der Waals surface area (Å²) in [5, 5.41) is 13.9. The lowest BCUT2D eigenvalue weighted by Gasteiger charge is -2.12. The summed E-state index contributed by atoms with van der Waals surface area (Å²) in [5.74, 6) is 0.680. The van der Waals surface area contributed by atoms with Crippen LogP contribution in [0.25, 0.3) is 0 Å². The Labute approximate surface area is 184 Å². The van der Waals surface area contributed by atoms with Gasteiger partial charge in [0.15, 0.2) is 5.96 Å². The van der Waals surface area contributed by atoms with E-state index in [2.05, 4.69) is 33.0 Å². The Balaban J connectivity index is 0.00000392. The van der Waals surface area contributed by atoms with Gasteiger partial charge in [-0.25, -0.2) is 4.99 Å². The minimum atomic E-state index is -0.0594. The van der Waals surface area contributed by atoms with E-state index in [9.17, 15) is 4.79 Å². The van der Waals surface area contributed by atoms with Crippen LogP contribution in [-0.2, 0) is 20.1 Å². The Morgan fingerprint density at radius 2 is 1.86 bits per heavy atom. The van der Waals surface area contributed by atoms with E-state index in [1.54, 1.807) is 0 Å². The summed E-state index contributed by atoms with van der Waals surface area (Å²) >= 11 is 0. The molecular weight excluding hydrogens is 467 g/mol. The summed E-state index contributed by atoms with van der Waals surface area (Å²) in [6.07, 6.45) is 0. The third kappa shape index (κ3) is 6.50. The topological polar surface area (TPSA) is 83.3 Å². The number of guanidine groups is 1. The molecule has 3 N–H and O–H groups in total. The molecular formula is C20H31IN6O. The van der Waals surface area contributed by atoms with Crippen LogP contribution < -0.4 is 16.0 Å². The van der Waals surface area contributed by atoms with E-state index in [4.69, 9.17) is 0 Å². The van der Waals surface area contributed by atoms with E-state index in [1.807, 2.05) is 56.8 Å². The first-order chi connectivity index (χ1) is 13.0. The molecule has 2 rings (SSSR count). The van der Waals surface area contributed by atoms with Crippen molar-refractivity contribution in [2.24, 2.45) is 12.0 Å². The van der Waals surface area contributed by atoms with Crippen molar-refractivity contribution in [3.63, 3.8) is 0 Å². The summed E-state index contributed by atoms with van der Waals surface area (Å²) in [5.41, 5.74) is 4.99. The van der Waals surface area contributed by atoms with E-state index < -0.39 is 0 Å². The maximum Gasteiger partial charge on any atom is 0.251 e. The summed E-state index contributed by atoms with van der Waals surface area (Å²) in [6, 6.07) is 7.56. The third-order valence-corrected chi connectivity index (χ3v) is 4.38. The van der Waals surface area contributed by atoms with Crippen LogP contribution in [0.5, 0.6) is 0 Å². The number of rotatable bonds is 7. The normalized spacial score (nSPS) is 11.0. The third-order valence-electron chi connectivity index (χ3n) is 4.38. The number of aliphatic imine (C=N–C) groups is 1. The van der Waals surface area contributed by atoms with E-state index in [1.165, 1.54) is 5.56 Å². The van der Waals surface area contributed by atoms with Gasteiger partial charge < -0.3 is 16.0 Å². The van der Waals surface area contributed by atoms with Crippen LogP contribution in [0.2, 0.25) is 0 Å². The average molecular weight is 498 g/mol. The molecule has 154 valence electrons. The number of aromatic nitrogens is 2. The first kappa shape index (κ1) is 23.9. The molecule has 1 aromatic carbocycles. The van der Waals surface area contributed by atoms with E-state index in [0.717, 1.165) is 29.5 Å². The molecule has 0 fully saturated rings. The molecule has 0 saturated heterocycles. The minimum absolute atomic E-state index is 0. The van der Waals surface area contributed by atoms with Crippen LogP contribution >= 0.6 is 24.0 Å². The highest BCUT2D eigenvalue weighted by molar-refractivity contribution is 14.0. The summed E-state index contributed by atoms with van der Waals surface area (Å²) < 4.78 is 1.89. The Kier molecular flexibility index (Phi) is 9.98. The Morgan fingerprint density at radius 1 is 1.14 bits per heavy atom. The van der Waals surface area contributed by atoms with E-state index in [-0.39, 0.29) is 29.9 Å². The van der Waals surface area contributed by atoms with Gasteiger partial charge in [0.25, 0.3) is 5.91 Å². The van der Waals surface area contributed by atoms with Gasteiger partial charge in [-0.3, -0.25) is 9.48 Å². The number of halogens is 1. The van der Waals surface area contributed by atoms with Gasteiger partial charge >= 0.3 is 0 Å². The molecule has 7 nitrogen and oxygen atoms in total. The van der Waals surface area contributed by atoms with Crippen LogP contribution in [0.15, 0.2) is 29.3 Å². The second-order valence-electron chi connectivity index (χ2n) is 6.38. The Bertz CT molecular complexity index is 815. The molecule has 0 aliphatic carbocycles. The number of carbonyl (C=O) groups is 1. The molecule has 0 saturated carbocycles. The van der Waals surface area contributed by atoms with Gasteiger partial charge in [0, 0.05) is 43.5 Å². The zero-order chi connectivity index (χ0) is 19.8. The maximum absolute atomic E-state index is 12.0. The lowest BCUT2D eigenvalue weighted by atomic mass is 10.1. The monoisotopic (exact) mass is 498 g/mol. The minimum Gasteiger partial charge on any atom is -0.357 e. The Morgan fingerprint density at radius 3 is 2.46 bits per heavy atom. The molecule has 1 amide bonds. The molecule has 1 heterocycles. The maximum atomic E-state index is 12.0. The second-order valence-corrected chi connectivity index (χ2v) is 6.38. The molecule has 1 aromatic heterocycles. The van der Waals surface area contributed by atoms with Crippen LogP contribution in [-0.4, -0.2) is 34.7 Å². The molecule has 0 unspecified atom stereocenters. The highest BCUT2D eigenvalue weighted by Crippen LogP contribution is 2.11. The van der Waals surface area contributed by atoms with Gasteiger partial charge in [0.2, 0.25) is 0 Å². The standard InChI is InChI=1S/C20H30N6O.HI/c1-6-21-19(27)17-10-8-9-16(11-17)12-23-20(22-7-2)24-13-18-14(3)25-26(5)15(18)4;/h8-11H,6-7,12-13H2,1-5H3,(H,21,27)(H2,22,23,24);1H. The van der Waals surface area contributed by atoms with Gasteiger partial charge in [-0.15, -0.1) is 24.0 Å². The summed E-state index contributed by atoms with van der Waals surface area (Å²) in [6.45, 7) is 10.6. The van der Waals surface area contributed by atoms with Crippen molar-refractivity contribution in [2.45, 2.75) is 40.8 Å². The Hall–Kier alpha value is -2.10. The molecule has 0 spiro atoms. The highest BCUT2D eigenvalue weighted by atomic mass is 127. The van der Waals surface area contributed by atoms with Crippen molar-refractivity contribution in [2.75, 3.05) is 13.1 Å². The van der Waals surface area contributed by atoms with Crippen molar-refractivity contribution >= 4 is 35.8 Å². The van der Waals surface area contributed by atoms with Crippen molar-refractivity contribution < 1.29 is 4.79 Å². The first-order valence-electron chi connectivity index (χ1n) is 9.34. The number of amides is 1. The first-order valence-corrected chi connectivity index (χ1v) is 9.34. The molecule has 0 atom stereocenters. The lowest BCUT2D eigenvalue weighted by Crippen LogP contribution is -2.37. The number of hydrogen-bond acceptors (Lipinski definition) is 3. The summed E-state index contributed by atoms with van der Waals surface area (Å²) in [7, 11) is 1.95. The van der Waals surface area contributed by atoms with Crippen molar-refractivity contribution in [1.82, 2.24) is 25.7 Å². The number of hydrogen-bond donors (Lipinski definition) is 3. The predicted molar refractivity (Wildman–Crippen MR) is 124 cm³/mol. The smallest absolute Gasteiger partial charge is 0.251 e. The average Bonchev–Trinajstić information content (AvgIpc) is 2.90. The number of nitrogens with zero attached hydrogens (tertiary/aromatic N) is 3. The lowest BCUT2D eigenvalue weighted by molar-refractivity contribution is 0.0955. The van der Waals surface area contributed by atoms with E-state index >= 15 is 0 Å². The highest BCUT2D eigenvalue weighted by Gasteiger charge is 2.10. The van der Waals surface area contributed by atoms with Crippen molar-refractivity contribution in [3.05, 3.63) is 52.3 Å². The fourth-order valence-corrected chi connectivity index (χ4v) is 2.83. The number of carbonyl (C=O) groups excluding carboxylic acids is 1. The molecule has 0 radical (unpaired) electrons. The van der Waals surface area contributed by atoms with Crippen LogP contribution in [0, 0.1) is 13.8 Å². The van der Waals surface area contributed by atoms with Crippen LogP contribution in [0.4, 0.5) is 0 Å².